The molecule has 0 atom stereocenters. The van der Waals surface area contributed by atoms with Gasteiger partial charge in [-0.15, -0.1) is 0 Å². The van der Waals surface area contributed by atoms with E-state index < -0.39 is 0 Å². The summed E-state index contributed by atoms with van der Waals surface area (Å²) < 4.78 is 0. The molecule has 3 heteroatoms. The van der Waals surface area contributed by atoms with E-state index in [1.165, 1.54) is 5.56 Å². The third kappa shape index (κ3) is 1.94. The van der Waals surface area contributed by atoms with Crippen LogP contribution in [-0.4, -0.2) is 15.8 Å². The Kier molecular flexibility index (Phi) is 2.48. The molecule has 0 aliphatic carbocycles. The Morgan fingerprint density at radius 2 is 1.81 bits per heavy atom. The summed E-state index contributed by atoms with van der Waals surface area (Å²) in [5.74, 6) is 0.0142. The number of aryl methyl sites for hydroxylation is 1. The van der Waals surface area contributed by atoms with E-state index in [-0.39, 0.29) is 5.78 Å². The van der Waals surface area contributed by atoms with Gasteiger partial charge in [-0.3, -0.25) is 4.79 Å². The molecule has 0 aliphatic rings. The van der Waals surface area contributed by atoms with Gasteiger partial charge in [-0.1, -0.05) is 23.8 Å². The lowest BCUT2D eigenvalue weighted by atomic mass is 10.1. The monoisotopic (exact) mass is 274 g/mol. The van der Waals surface area contributed by atoms with Crippen LogP contribution in [0.5, 0.6) is 0 Å². The molecule has 2 heterocycles. The minimum Gasteiger partial charge on any atom is -0.361 e. The van der Waals surface area contributed by atoms with Crippen LogP contribution in [0.25, 0.3) is 21.8 Å². The predicted octanol–water partition coefficient (Wildman–Crippen LogP) is 4.19. The van der Waals surface area contributed by atoms with Crippen molar-refractivity contribution in [1.29, 1.82) is 0 Å². The number of rotatable bonds is 2. The van der Waals surface area contributed by atoms with Crippen molar-refractivity contribution in [3.05, 3.63) is 71.5 Å². The first-order chi connectivity index (χ1) is 10.2. The summed E-state index contributed by atoms with van der Waals surface area (Å²) in [5.41, 5.74) is 4.47. The molecule has 2 aromatic carbocycles. The van der Waals surface area contributed by atoms with Gasteiger partial charge in [0.2, 0.25) is 5.78 Å². The van der Waals surface area contributed by atoms with E-state index in [1.807, 2.05) is 55.6 Å². The number of carbonyl (C=O) groups excluding carboxylic acids is 1. The lowest BCUT2D eigenvalue weighted by Gasteiger charge is -1.99. The quantitative estimate of drug-likeness (QED) is 0.529. The van der Waals surface area contributed by atoms with Crippen molar-refractivity contribution in [2.45, 2.75) is 6.92 Å². The molecule has 0 unspecified atom stereocenters. The van der Waals surface area contributed by atoms with E-state index in [1.54, 1.807) is 0 Å². The number of H-pyrrole nitrogens is 2. The van der Waals surface area contributed by atoms with Gasteiger partial charge in [-0.25, -0.2) is 0 Å². The largest absolute Gasteiger partial charge is 0.361 e. The van der Waals surface area contributed by atoms with Crippen LogP contribution in [0, 0.1) is 6.92 Å². The second-order valence-electron chi connectivity index (χ2n) is 5.38. The second kappa shape index (κ2) is 4.35. The van der Waals surface area contributed by atoms with Gasteiger partial charge >= 0.3 is 0 Å². The smallest absolute Gasteiger partial charge is 0.209 e. The normalized spacial score (nSPS) is 11.3. The maximum Gasteiger partial charge on any atom is 0.209 e. The summed E-state index contributed by atoms with van der Waals surface area (Å²) in [6.45, 7) is 2.05. The van der Waals surface area contributed by atoms with E-state index in [9.17, 15) is 4.79 Å². The van der Waals surface area contributed by atoms with Gasteiger partial charge in [0, 0.05) is 28.2 Å². The molecule has 0 fully saturated rings. The summed E-state index contributed by atoms with van der Waals surface area (Å²) in [5, 5.41) is 2.18. The topological polar surface area (TPSA) is 48.6 Å². The van der Waals surface area contributed by atoms with E-state index in [2.05, 4.69) is 16.0 Å². The molecular formula is C18H14N2O. The average molecular weight is 274 g/mol. The van der Waals surface area contributed by atoms with Crippen LogP contribution in [0.1, 0.15) is 21.6 Å². The number of aromatic nitrogens is 2. The first kappa shape index (κ1) is 12.0. The molecular weight excluding hydrogens is 260 g/mol. The zero-order valence-corrected chi connectivity index (χ0v) is 11.6. The van der Waals surface area contributed by atoms with Crippen LogP contribution in [0.2, 0.25) is 0 Å². The molecule has 0 aliphatic heterocycles. The highest BCUT2D eigenvalue weighted by molar-refractivity contribution is 6.11. The lowest BCUT2D eigenvalue weighted by Crippen LogP contribution is -2.01. The van der Waals surface area contributed by atoms with Gasteiger partial charge in [0.1, 0.15) is 0 Å². The van der Waals surface area contributed by atoms with E-state index in [0.717, 1.165) is 21.8 Å². The van der Waals surface area contributed by atoms with Crippen LogP contribution in [-0.2, 0) is 0 Å². The van der Waals surface area contributed by atoms with Gasteiger partial charge in [0.25, 0.3) is 0 Å². The zero-order chi connectivity index (χ0) is 14.4. The predicted molar refractivity (Wildman–Crippen MR) is 84.8 cm³/mol. The van der Waals surface area contributed by atoms with Crippen molar-refractivity contribution in [2.24, 2.45) is 0 Å². The number of ketones is 1. The highest BCUT2D eigenvalue weighted by Gasteiger charge is 2.13. The molecule has 2 aromatic heterocycles. The number of benzene rings is 2. The highest BCUT2D eigenvalue weighted by Crippen LogP contribution is 2.21. The molecule has 2 N–H and O–H groups in total. The SMILES string of the molecule is Cc1ccc2[nH]c(C(=O)c3ccc4cc[nH]c4c3)cc2c1. The van der Waals surface area contributed by atoms with Gasteiger partial charge < -0.3 is 9.97 Å². The highest BCUT2D eigenvalue weighted by atomic mass is 16.1. The van der Waals surface area contributed by atoms with Crippen molar-refractivity contribution in [3.63, 3.8) is 0 Å². The minimum atomic E-state index is 0.0142. The number of hydrogen-bond donors (Lipinski definition) is 2. The first-order valence-electron chi connectivity index (χ1n) is 6.92. The maximum atomic E-state index is 12.6. The Morgan fingerprint density at radius 3 is 2.71 bits per heavy atom. The fraction of sp³-hybridized carbons (Fsp3) is 0.0556. The Hall–Kier alpha value is -2.81. The Balaban J connectivity index is 1.81. The third-order valence-corrected chi connectivity index (χ3v) is 3.84. The maximum absolute atomic E-state index is 12.6. The molecule has 102 valence electrons. The van der Waals surface area contributed by atoms with Crippen molar-refractivity contribution in [3.8, 4) is 0 Å². The lowest BCUT2D eigenvalue weighted by molar-refractivity contribution is 0.103. The van der Waals surface area contributed by atoms with Gasteiger partial charge in [0.05, 0.1) is 5.69 Å². The third-order valence-electron chi connectivity index (χ3n) is 3.84. The summed E-state index contributed by atoms with van der Waals surface area (Å²) in [7, 11) is 0. The fourth-order valence-corrected chi connectivity index (χ4v) is 2.72. The van der Waals surface area contributed by atoms with Crippen LogP contribution in [0.15, 0.2) is 54.7 Å². The second-order valence-corrected chi connectivity index (χ2v) is 5.38. The molecule has 21 heavy (non-hydrogen) atoms. The molecule has 4 aromatic rings. The van der Waals surface area contributed by atoms with Crippen LogP contribution in [0.4, 0.5) is 0 Å². The van der Waals surface area contributed by atoms with Crippen molar-refractivity contribution in [1.82, 2.24) is 9.97 Å². The number of hydrogen-bond acceptors (Lipinski definition) is 1. The fourth-order valence-electron chi connectivity index (χ4n) is 2.72. The average Bonchev–Trinajstić information content (AvgIpc) is 3.11. The number of carbonyl (C=O) groups is 1. The van der Waals surface area contributed by atoms with Crippen LogP contribution in [0.3, 0.4) is 0 Å². The summed E-state index contributed by atoms with van der Waals surface area (Å²) in [4.78, 5) is 19.0. The Labute approximate surface area is 121 Å². The molecule has 0 saturated carbocycles. The van der Waals surface area contributed by atoms with Crippen LogP contribution >= 0.6 is 0 Å². The molecule has 0 radical (unpaired) electrons. The molecule has 0 bridgehead atoms. The molecule has 0 saturated heterocycles. The minimum absolute atomic E-state index is 0.0142. The molecule has 0 amide bonds. The number of aromatic amines is 2. The molecule has 4 rings (SSSR count). The van der Waals surface area contributed by atoms with E-state index in [0.29, 0.717) is 11.3 Å². The summed E-state index contributed by atoms with van der Waals surface area (Å²) in [6, 6.07) is 15.8. The van der Waals surface area contributed by atoms with Crippen molar-refractivity contribution in [2.75, 3.05) is 0 Å². The Bertz CT molecular complexity index is 975. The first-order valence-corrected chi connectivity index (χ1v) is 6.92. The number of fused-ring (bicyclic) bond motifs is 2. The number of nitrogens with one attached hydrogen (secondary N) is 2. The summed E-state index contributed by atoms with van der Waals surface area (Å²) in [6.07, 6.45) is 1.88. The van der Waals surface area contributed by atoms with Gasteiger partial charge in [-0.2, -0.15) is 0 Å². The van der Waals surface area contributed by atoms with Crippen molar-refractivity contribution >= 4 is 27.6 Å². The zero-order valence-electron chi connectivity index (χ0n) is 11.6. The van der Waals surface area contributed by atoms with Crippen molar-refractivity contribution < 1.29 is 4.79 Å². The van der Waals surface area contributed by atoms with Crippen LogP contribution < -0.4 is 0 Å². The Morgan fingerprint density at radius 1 is 0.905 bits per heavy atom. The summed E-state index contributed by atoms with van der Waals surface area (Å²) >= 11 is 0. The van der Waals surface area contributed by atoms with Gasteiger partial charge in [-0.05, 0) is 42.6 Å². The standard InChI is InChI=1S/C18H14N2O/c1-11-2-5-15-14(8-11)10-17(20-15)18(21)13-4-3-12-6-7-19-16(12)9-13/h2-10,19-20H,1H3. The van der Waals surface area contributed by atoms with E-state index in [4.69, 9.17) is 0 Å². The van der Waals surface area contributed by atoms with Gasteiger partial charge in [0.15, 0.2) is 0 Å². The molecule has 3 nitrogen and oxygen atoms in total. The molecule has 0 spiro atoms. The van der Waals surface area contributed by atoms with E-state index >= 15 is 0 Å².